The Balaban J connectivity index is 5.38. The lowest BCUT2D eigenvalue weighted by atomic mass is 10.0. The number of ether oxygens (including phenoxy) is 3. The number of methoxy groups -OCH3 is 3. The van der Waals surface area contributed by atoms with Crippen molar-refractivity contribution >= 4 is 67.3 Å². The summed E-state index contributed by atoms with van der Waals surface area (Å²) in [7, 11) is -0.716. The topological polar surface area (TPSA) is 78.9 Å². The molecular formula is C34H76O6Si6. The molecule has 0 aromatic heterocycles. The minimum atomic E-state index is -1.28. The molecule has 272 valence electrons. The van der Waals surface area contributed by atoms with Crippen LogP contribution < -0.4 is 0 Å². The minimum absolute atomic E-state index is 0.0166. The van der Waals surface area contributed by atoms with E-state index >= 15 is 0 Å². The highest BCUT2D eigenvalue weighted by atomic mass is 29.6. The van der Waals surface area contributed by atoms with Gasteiger partial charge in [-0.2, -0.15) is 0 Å². The average Bonchev–Trinajstić information content (AvgIpc) is 2.94. The molecule has 0 aromatic rings. The Morgan fingerprint density at radius 2 is 0.913 bits per heavy atom. The number of carbonyl (C=O) groups is 3. The van der Waals surface area contributed by atoms with Gasteiger partial charge in [0.1, 0.15) is 0 Å². The molecule has 5 unspecified atom stereocenters. The van der Waals surface area contributed by atoms with Crippen LogP contribution >= 0.6 is 0 Å². The van der Waals surface area contributed by atoms with Crippen molar-refractivity contribution in [3.8, 4) is 0 Å². The van der Waals surface area contributed by atoms with E-state index in [1.165, 1.54) is 58.7 Å². The summed E-state index contributed by atoms with van der Waals surface area (Å²) in [5.41, 5.74) is 4.91. The molecule has 0 aromatic carbocycles. The summed E-state index contributed by atoms with van der Waals surface area (Å²) >= 11 is 0. The number of rotatable bonds is 26. The van der Waals surface area contributed by atoms with Gasteiger partial charge in [-0.15, -0.1) is 0 Å². The predicted molar refractivity (Wildman–Crippen MR) is 215 cm³/mol. The van der Waals surface area contributed by atoms with Crippen LogP contribution in [0.5, 0.6) is 0 Å². The quantitative estimate of drug-likeness (QED) is 0.0509. The zero-order valence-corrected chi connectivity index (χ0v) is 39.4. The molecule has 0 aliphatic rings. The van der Waals surface area contributed by atoms with Crippen molar-refractivity contribution in [2.45, 2.75) is 160 Å². The third kappa shape index (κ3) is 23.1. The summed E-state index contributed by atoms with van der Waals surface area (Å²) in [5.74, 6) is 1.03. The zero-order valence-electron chi connectivity index (χ0n) is 32.6. The third-order valence-corrected chi connectivity index (χ3v) is 64.9. The van der Waals surface area contributed by atoms with E-state index < -0.39 is 40.4 Å². The summed E-state index contributed by atoms with van der Waals surface area (Å²) in [4.78, 5) is 35.2. The number of esters is 3. The summed E-state index contributed by atoms with van der Waals surface area (Å²) in [6.45, 7) is 25.4. The van der Waals surface area contributed by atoms with Crippen molar-refractivity contribution < 1.29 is 28.6 Å². The summed E-state index contributed by atoms with van der Waals surface area (Å²) in [5, 5.41) is 0. The van der Waals surface area contributed by atoms with Crippen molar-refractivity contribution in [1.82, 2.24) is 0 Å². The molecule has 0 fully saturated rings. The molecule has 0 N–H and O–H groups in total. The van der Waals surface area contributed by atoms with E-state index in [9.17, 15) is 14.4 Å². The average molecular weight is 749 g/mol. The number of hydrogen-bond donors (Lipinski definition) is 0. The van der Waals surface area contributed by atoms with Crippen LogP contribution in [0.2, 0.25) is 81.0 Å². The van der Waals surface area contributed by atoms with Gasteiger partial charge in [-0.1, -0.05) is 140 Å². The van der Waals surface area contributed by atoms with Gasteiger partial charge in [0.05, 0.1) is 21.3 Å². The molecule has 12 heteroatoms. The van der Waals surface area contributed by atoms with E-state index in [1.807, 2.05) is 0 Å². The monoisotopic (exact) mass is 748 g/mol. The second-order valence-corrected chi connectivity index (χ2v) is 55.3. The normalized spacial score (nSPS) is 16.1. The molecule has 0 rings (SSSR count). The van der Waals surface area contributed by atoms with Crippen molar-refractivity contribution in [1.29, 1.82) is 0 Å². The van der Waals surface area contributed by atoms with Crippen LogP contribution in [0.25, 0.3) is 0 Å². The Morgan fingerprint density at radius 1 is 0.587 bits per heavy atom. The Hall–Kier alpha value is -0.289. The molecule has 46 heavy (non-hydrogen) atoms. The van der Waals surface area contributed by atoms with Crippen LogP contribution in [0, 0.1) is 17.8 Å². The SMILES string of the molecule is COC(=O)CC(C)CCC[Si](C)(C)C[SiH2][SiH](C[Si](C)(C)CCCC(C)CC(=O)OC)[SiH](C)C[Si](C)(C)CCCC(C)CC(=O)OC. The van der Waals surface area contributed by atoms with Crippen LogP contribution in [0.4, 0.5) is 0 Å². The van der Waals surface area contributed by atoms with E-state index in [2.05, 4.69) is 66.6 Å². The fourth-order valence-electron chi connectivity index (χ4n) is 7.44. The fraction of sp³-hybridized carbons (Fsp3) is 0.912. The highest BCUT2D eigenvalue weighted by Gasteiger charge is 2.35. The van der Waals surface area contributed by atoms with Crippen molar-refractivity contribution in [3.63, 3.8) is 0 Å². The van der Waals surface area contributed by atoms with Crippen LogP contribution in [-0.4, -0.2) is 88.6 Å². The molecule has 0 saturated heterocycles. The molecule has 6 nitrogen and oxygen atoms in total. The maximum absolute atomic E-state index is 11.7. The van der Waals surface area contributed by atoms with Gasteiger partial charge in [0, 0.05) is 68.7 Å². The van der Waals surface area contributed by atoms with Gasteiger partial charge < -0.3 is 14.2 Å². The first-order valence-corrected chi connectivity index (χ1v) is 38.4. The van der Waals surface area contributed by atoms with Crippen LogP contribution in [0.1, 0.15) is 78.6 Å². The predicted octanol–water partition coefficient (Wildman–Crippen LogP) is 7.91. The maximum atomic E-state index is 11.7. The molecule has 0 aliphatic carbocycles. The Labute approximate surface area is 293 Å². The molecule has 0 spiro atoms. The maximum Gasteiger partial charge on any atom is 0.305 e. The Bertz CT molecular complexity index is 884. The first-order valence-electron chi connectivity index (χ1n) is 18.4. The Kier molecular flexibility index (Phi) is 23.0. The molecule has 0 saturated carbocycles. The second kappa shape index (κ2) is 23.2. The van der Waals surface area contributed by atoms with E-state index in [4.69, 9.17) is 14.2 Å². The van der Waals surface area contributed by atoms with E-state index in [0.717, 1.165) is 19.3 Å². The highest BCUT2D eigenvalue weighted by Crippen LogP contribution is 2.29. The lowest BCUT2D eigenvalue weighted by Crippen LogP contribution is -2.50. The first-order chi connectivity index (χ1) is 21.2. The molecule has 5 atom stereocenters. The summed E-state index contributed by atoms with van der Waals surface area (Å²) in [6, 6.07) is 4.22. The van der Waals surface area contributed by atoms with Crippen LogP contribution in [-0.2, 0) is 28.6 Å². The van der Waals surface area contributed by atoms with E-state index in [-0.39, 0.29) is 26.9 Å². The van der Waals surface area contributed by atoms with Crippen molar-refractivity contribution in [2.24, 2.45) is 17.8 Å². The van der Waals surface area contributed by atoms with E-state index in [1.54, 1.807) is 17.0 Å². The molecule has 0 amide bonds. The van der Waals surface area contributed by atoms with Gasteiger partial charge in [0.25, 0.3) is 0 Å². The molecule has 0 radical (unpaired) electrons. The van der Waals surface area contributed by atoms with Crippen molar-refractivity contribution in [2.75, 3.05) is 21.3 Å². The fourth-order valence-corrected chi connectivity index (χ4v) is 88.3. The van der Waals surface area contributed by atoms with Crippen LogP contribution in [0.3, 0.4) is 0 Å². The lowest BCUT2D eigenvalue weighted by molar-refractivity contribution is -0.142. The van der Waals surface area contributed by atoms with E-state index in [0.29, 0.717) is 37.0 Å². The highest BCUT2D eigenvalue weighted by molar-refractivity contribution is 7.49. The van der Waals surface area contributed by atoms with Crippen LogP contribution in [0.15, 0.2) is 0 Å². The van der Waals surface area contributed by atoms with Gasteiger partial charge in [-0.05, 0) is 17.8 Å². The van der Waals surface area contributed by atoms with Gasteiger partial charge >= 0.3 is 17.9 Å². The first kappa shape index (κ1) is 45.7. The third-order valence-electron chi connectivity index (χ3n) is 10.6. The van der Waals surface area contributed by atoms with Gasteiger partial charge in [0.2, 0.25) is 0 Å². The molecule has 0 aliphatic heterocycles. The van der Waals surface area contributed by atoms with Crippen molar-refractivity contribution in [3.05, 3.63) is 0 Å². The Morgan fingerprint density at radius 3 is 1.26 bits per heavy atom. The summed E-state index contributed by atoms with van der Waals surface area (Å²) in [6.07, 6.45) is 8.88. The van der Waals surface area contributed by atoms with Gasteiger partial charge in [-0.25, -0.2) is 0 Å². The zero-order chi connectivity index (χ0) is 35.6. The van der Waals surface area contributed by atoms with Gasteiger partial charge in [0.15, 0.2) is 0 Å². The largest absolute Gasteiger partial charge is 0.469 e. The number of carbonyl (C=O) groups excluding carboxylic acids is 3. The molecule has 0 bridgehead atoms. The second-order valence-electron chi connectivity index (χ2n) is 17.5. The molecular weight excluding hydrogens is 673 g/mol. The number of hydrogen-bond acceptors (Lipinski definition) is 6. The standard InChI is InChI=1S/C34H76O6Si6/c1-29(23-32(35)38-4)17-14-20-44(8,9)26-41-43(28-46(12,13)22-16-19-31(3)25-34(37)40-6)42(7)27-45(10,11)21-15-18-30(2)24-33(36)39-5/h29-31,42-43H,14-28,41H2,1-13H3. The smallest absolute Gasteiger partial charge is 0.305 e. The lowest BCUT2D eigenvalue weighted by Gasteiger charge is -2.35. The van der Waals surface area contributed by atoms with Gasteiger partial charge in [-0.3, -0.25) is 14.4 Å². The molecule has 0 heterocycles. The summed E-state index contributed by atoms with van der Waals surface area (Å²) < 4.78 is 14.7. The minimum Gasteiger partial charge on any atom is -0.469 e.